The summed E-state index contributed by atoms with van der Waals surface area (Å²) in [5, 5.41) is 2.53. The highest BCUT2D eigenvalue weighted by atomic mass is 16.5. The van der Waals surface area contributed by atoms with Gasteiger partial charge in [0.2, 0.25) is 0 Å². The van der Waals surface area contributed by atoms with Crippen molar-refractivity contribution in [2.75, 3.05) is 27.4 Å². The predicted octanol–water partition coefficient (Wildman–Crippen LogP) is 2.44. The van der Waals surface area contributed by atoms with E-state index in [1.54, 1.807) is 14.2 Å². The van der Waals surface area contributed by atoms with Gasteiger partial charge in [-0.25, -0.2) is 0 Å². The molecule has 0 fully saturated rings. The van der Waals surface area contributed by atoms with Crippen LogP contribution in [0.25, 0.3) is 0 Å². The molecule has 0 aromatic heterocycles. The Bertz CT molecular complexity index is 642. The zero-order valence-corrected chi connectivity index (χ0v) is 13.4. The van der Waals surface area contributed by atoms with Crippen LogP contribution in [0.15, 0.2) is 48.5 Å². The van der Waals surface area contributed by atoms with Crippen molar-refractivity contribution < 1.29 is 19.0 Å². The number of carbonyl (C=O) groups excluding carboxylic acids is 1. The zero-order valence-electron chi connectivity index (χ0n) is 13.4. The highest BCUT2D eigenvalue weighted by Gasteiger charge is 2.06. The van der Waals surface area contributed by atoms with E-state index < -0.39 is 0 Å². The lowest BCUT2D eigenvalue weighted by molar-refractivity contribution is -0.122. The predicted molar refractivity (Wildman–Crippen MR) is 88.2 cm³/mol. The van der Waals surface area contributed by atoms with Crippen molar-refractivity contribution in [3.05, 3.63) is 54.1 Å². The van der Waals surface area contributed by atoms with E-state index in [0.29, 0.717) is 18.8 Å². The fourth-order valence-electron chi connectivity index (χ4n) is 2.04. The maximum absolute atomic E-state index is 11.3. The summed E-state index contributed by atoms with van der Waals surface area (Å²) in [5.41, 5.74) is 0.999. The molecule has 5 nitrogen and oxygen atoms in total. The molecule has 0 saturated heterocycles. The number of hydrogen-bond acceptors (Lipinski definition) is 4. The van der Waals surface area contributed by atoms with Crippen LogP contribution in [-0.4, -0.2) is 33.3 Å². The topological polar surface area (TPSA) is 56.8 Å². The molecule has 0 bridgehead atoms. The quantitative estimate of drug-likeness (QED) is 0.813. The number of rotatable bonds is 8. The lowest BCUT2D eigenvalue weighted by Crippen LogP contribution is -2.25. The molecule has 0 spiro atoms. The van der Waals surface area contributed by atoms with Crippen LogP contribution in [0.3, 0.4) is 0 Å². The molecule has 2 aromatic rings. The number of methoxy groups -OCH3 is 1. The highest BCUT2D eigenvalue weighted by molar-refractivity contribution is 5.77. The molecule has 2 aromatic carbocycles. The molecule has 0 aliphatic rings. The van der Waals surface area contributed by atoms with Crippen LogP contribution in [-0.2, 0) is 11.2 Å². The van der Waals surface area contributed by atoms with Crippen molar-refractivity contribution >= 4 is 5.91 Å². The number of likely N-dealkylation sites (N-methyl/N-ethyl adjacent to an activating group) is 1. The summed E-state index contributed by atoms with van der Waals surface area (Å²) in [6, 6.07) is 15.1. The molecular formula is C18H21NO4. The number of hydrogen-bond donors (Lipinski definition) is 1. The van der Waals surface area contributed by atoms with Crippen molar-refractivity contribution in [1.82, 2.24) is 5.32 Å². The molecule has 122 valence electrons. The van der Waals surface area contributed by atoms with Gasteiger partial charge < -0.3 is 19.5 Å². The second-order valence-corrected chi connectivity index (χ2v) is 4.85. The SMILES string of the molecule is CNC(=O)COc1ccccc1CCOc1cccc(OC)c1. The van der Waals surface area contributed by atoms with Gasteiger partial charge in [0.1, 0.15) is 17.2 Å². The molecular weight excluding hydrogens is 294 g/mol. The molecule has 0 atom stereocenters. The molecule has 0 unspecified atom stereocenters. The Kier molecular flexibility index (Phi) is 6.29. The first-order valence-corrected chi connectivity index (χ1v) is 7.41. The van der Waals surface area contributed by atoms with Gasteiger partial charge in [-0.1, -0.05) is 24.3 Å². The standard InChI is InChI=1S/C18H21NO4/c1-19-18(20)13-23-17-9-4-3-6-14(17)10-11-22-16-8-5-7-15(12-16)21-2/h3-9,12H,10-11,13H2,1-2H3,(H,19,20). The maximum atomic E-state index is 11.3. The van der Waals surface area contributed by atoms with Crippen molar-refractivity contribution in [3.8, 4) is 17.2 Å². The fourth-order valence-corrected chi connectivity index (χ4v) is 2.04. The van der Waals surface area contributed by atoms with E-state index in [9.17, 15) is 4.79 Å². The minimum atomic E-state index is -0.160. The van der Waals surface area contributed by atoms with Gasteiger partial charge in [0, 0.05) is 19.5 Å². The van der Waals surface area contributed by atoms with E-state index in [1.165, 1.54) is 0 Å². The molecule has 23 heavy (non-hydrogen) atoms. The van der Waals surface area contributed by atoms with Crippen LogP contribution < -0.4 is 19.5 Å². The van der Waals surface area contributed by atoms with Gasteiger partial charge in [-0.3, -0.25) is 4.79 Å². The van der Waals surface area contributed by atoms with Crippen LogP contribution >= 0.6 is 0 Å². The Balaban J connectivity index is 1.91. The van der Waals surface area contributed by atoms with Gasteiger partial charge in [0.25, 0.3) is 5.91 Å². The second-order valence-electron chi connectivity index (χ2n) is 4.85. The zero-order chi connectivity index (χ0) is 16.5. The number of ether oxygens (including phenoxy) is 3. The van der Waals surface area contributed by atoms with E-state index in [0.717, 1.165) is 17.1 Å². The fraction of sp³-hybridized carbons (Fsp3) is 0.278. The van der Waals surface area contributed by atoms with Gasteiger partial charge in [-0.2, -0.15) is 0 Å². The monoisotopic (exact) mass is 315 g/mol. The summed E-state index contributed by atoms with van der Waals surface area (Å²) in [6.07, 6.45) is 0.682. The Morgan fingerprint density at radius 3 is 2.61 bits per heavy atom. The molecule has 1 amide bonds. The van der Waals surface area contributed by atoms with Crippen molar-refractivity contribution in [3.63, 3.8) is 0 Å². The van der Waals surface area contributed by atoms with E-state index in [4.69, 9.17) is 14.2 Å². The minimum absolute atomic E-state index is 0.00422. The van der Waals surface area contributed by atoms with Gasteiger partial charge in [-0.05, 0) is 23.8 Å². The molecule has 0 aliphatic heterocycles. The molecule has 0 heterocycles. The number of benzene rings is 2. The number of carbonyl (C=O) groups is 1. The third-order valence-electron chi connectivity index (χ3n) is 3.29. The van der Waals surface area contributed by atoms with Crippen LogP contribution in [0.5, 0.6) is 17.2 Å². The van der Waals surface area contributed by atoms with Crippen LogP contribution in [0.1, 0.15) is 5.56 Å². The minimum Gasteiger partial charge on any atom is -0.497 e. The summed E-state index contributed by atoms with van der Waals surface area (Å²) in [5.74, 6) is 2.06. The summed E-state index contributed by atoms with van der Waals surface area (Å²) in [6.45, 7) is 0.512. The molecule has 0 saturated carbocycles. The average Bonchev–Trinajstić information content (AvgIpc) is 2.60. The second kappa shape index (κ2) is 8.68. The average molecular weight is 315 g/mol. The lowest BCUT2D eigenvalue weighted by Gasteiger charge is -2.12. The van der Waals surface area contributed by atoms with E-state index in [2.05, 4.69) is 5.32 Å². The Labute approximate surface area is 136 Å². The Hall–Kier alpha value is -2.69. The van der Waals surface area contributed by atoms with Gasteiger partial charge in [0.15, 0.2) is 6.61 Å². The summed E-state index contributed by atoms with van der Waals surface area (Å²) in [4.78, 5) is 11.3. The summed E-state index contributed by atoms with van der Waals surface area (Å²) < 4.78 is 16.4. The van der Waals surface area contributed by atoms with E-state index >= 15 is 0 Å². The number of amides is 1. The van der Waals surface area contributed by atoms with Crippen LogP contribution in [0.4, 0.5) is 0 Å². The smallest absolute Gasteiger partial charge is 0.257 e. The molecule has 5 heteroatoms. The van der Waals surface area contributed by atoms with Gasteiger partial charge >= 0.3 is 0 Å². The molecule has 0 radical (unpaired) electrons. The number of nitrogens with one attached hydrogen (secondary N) is 1. The third kappa shape index (κ3) is 5.21. The van der Waals surface area contributed by atoms with Gasteiger partial charge in [0.05, 0.1) is 13.7 Å². The van der Waals surface area contributed by atoms with Crippen LogP contribution in [0, 0.1) is 0 Å². The highest BCUT2D eigenvalue weighted by Crippen LogP contribution is 2.21. The lowest BCUT2D eigenvalue weighted by atomic mass is 10.1. The van der Waals surface area contributed by atoms with Gasteiger partial charge in [-0.15, -0.1) is 0 Å². The normalized spacial score (nSPS) is 10.0. The van der Waals surface area contributed by atoms with Crippen molar-refractivity contribution in [1.29, 1.82) is 0 Å². The third-order valence-corrected chi connectivity index (χ3v) is 3.29. The summed E-state index contributed by atoms with van der Waals surface area (Å²) in [7, 11) is 3.21. The molecule has 2 rings (SSSR count). The summed E-state index contributed by atoms with van der Waals surface area (Å²) >= 11 is 0. The maximum Gasteiger partial charge on any atom is 0.257 e. The first-order chi connectivity index (χ1) is 11.2. The number of para-hydroxylation sites is 1. The largest absolute Gasteiger partial charge is 0.497 e. The molecule has 0 aliphatic carbocycles. The molecule has 1 N–H and O–H groups in total. The Morgan fingerprint density at radius 2 is 1.83 bits per heavy atom. The first-order valence-electron chi connectivity index (χ1n) is 7.41. The van der Waals surface area contributed by atoms with E-state index in [1.807, 2.05) is 48.5 Å². The van der Waals surface area contributed by atoms with Crippen molar-refractivity contribution in [2.45, 2.75) is 6.42 Å². The first kappa shape index (κ1) is 16.7. The van der Waals surface area contributed by atoms with Crippen molar-refractivity contribution in [2.24, 2.45) is 0 Å². The van der Waals surface area contributed by atoms with Crippen LogP contribution in [0.2, 0.25) is 0 Å². The van der Waals surface area contributed by atoms with E-state index in [-0.39, 0.29) is 12.5 Å². The Morgan fingerprint density at radius 1 is 1.04 bits per heavy atom.